The quantitative estimate of drug-likeness (QED) is 0.230. The summed E-state index contributed by atoms with van der Waals surface area (Å²) in [6.45, 7) is 0. The van der Waals surface area contributed by atoms with E-state index in [9.17, 15) is 4.11 Å². The van der Waals surface area contributed by atoms with E-state index in [2.05, 4.69) is 0 Å². The molecule has 36 heavy (non-hydrogen) atoms. The summed E-state index contributed by atoms with van der Waals surface area (Å²) in [6, 6.07) is -15.5. The molecule has 0 N–H and O–H groups in total. The van der Waals surface area contributed by atoms with Crippen molar-refractivity contribution in [3.05, 3.63) is 121 Å². The van der Waals surface area contributed by atoms with E-state index in [4.69, 9.17) is 32.1 Å². The zero-order valence-corrected chi connectivity index (χ0v) is 17.8. The van der Waals surface area contributed by atoms with Crippen LogP contribution in [0.4, 0.5) is 0 Å². The minimum Gasteiger partial charge on any atom is -0.464 e. The highest BCUT2D eigenvalue weighted by molar-refractivity contribution is 6.26. The minimum atomic E-state index is -0.879. The fraction of sp³-hybridized carbons (Fsp3) is 0. The maximum atomic E-state index is 9.30. The molecule has 2 heteroatoms. The van der Waals surface area contributed by atoms with Crippen molar-refractivity contribution in [1.82, 2.24) is 0 Å². The van der Waals surface area contributed by atoms with Crippen LogP contribution in [0.5, 0.6) is 0 Å². The van der Waals surface area contributed by atoms with E-state index in [1.807, 2.05) is 0 Å². The summed E-state index contributed by atoms with van der Waals surface area (Å²) in [6.07, 6.45) is -0.693. The van der Waals surface area contributed by atoms with Gasteiger partial charge in [0.05, 0.1) is 37.7 Å². The van der Waals surface area contributed by atoms with E-state index in [1.54, 1.807) is 0 Å². The first-order chi connectivity index (χ1) is 26.2. The molecule has 0 aliphatic heterocycles. The number of fused-ring (bicyclic) bond motifs is 7. The molecule has 0 bridgehead atoms. The Labute approximate surface area is 235 Å². The lowest BCUT2D eigenvalue weighted by molar-refractivity contribution is 0.615. The SMILES string of the molecule is [2H]c1oc2c([2H])c([2H])c3c(oc4c([2H])c([2H])c([2H])c(-c5c6c([2H])c([2H])c([2H])c([2H])c6c(-c6c([2H])c([2H])c([2H])c([2H])c6[2H])c6c([2H])c([2H])c([2H])c([2H])c56)c43)c2c1[2H]. The summed E-state index contributed by atoms with van der Waals surface area (Å²) in [4.78, 5) is 0. The van der Waals surface area contributed by atoms with E-state index < -0.39 is 170 Å². The molecule has 6 aromatic carbocycles. The molecule has 0 unspecified atom stereocenters. The lowest BCUT2D eigenvalue weighted by Gasteiger charge is -2.18. The van der Waals surface area contributed by atoms with Gasteiger partial charge in [-0.3, -0.25) is 0 Å². The lowest BCUT2D eigenvalue weighted by atomic mass is 9.85. The summed E-state index contributed by atoms with van der Waals surface area (Å²) in [7, 11) is 0. The Balaban J connectivity index is 1.81. The lowest BCUT2D eigenvalue weighted by Crippen LogP contribution is -1.91. The van der Waals surface area contributed by atoms with Gasteiger partial charge in [-0.25, -0.2) is 0 Å². The van der Waals surface area contributed by atoms with Crippen LogP contribution in [0.2, 0.25) is 0 Å². The molecule has 0 aliphatic rings. The number of furan rings is 2. The highest BCUT2D eigenvalue weighted by Gasteiger charge is 2.20. The highest BCUT2D eigenvalue weighted by atomic mass is 16.3. The Hall–Kier alpha value is -4.82. The van der Waals surface area contributed by atoms with Crippen molar-refractivity contribution in [1.29, 1.82) is 0 Å². The van der Waals surface area contributed by atoms with Crippen molar-refractivity contribution < 1.29 is 36.2 Å². The summed E-state index contributed by atoms with van der Waals surface area (Å²) in [5, 5.41) is -3.30. The monoisotopic (exact) mass is 480 g/mol. The molecule has 8 aromatic rings. The molecule has 2 heterocycles. The van der Waals surface area contributed by atoms with Gasteiger partial charge in [0.2, 0.25) is 0 Å². The number of hydrogen-bond donors (Lipinski definition) is 0. The number of rotatable bonds is 2. The number of benzene rings is 6. The Kier molecular flexibility index (Phi) is 1.71. The van der Waals surface area contributed by atoms with E-state index in [0.717, 1.165) is 0 Å². The predicted octanol–water partition coefficient (Wildman–Crippen LogP) is 9.97. The Bertz CT molecular complexity index is 3090. The summed E-state index contributed by atoms with van der Waals surface area (Å²) >= 11 is 0. The van der Waals surface area contributed by atoms with Gasteiger partial charge in [-0.2, -0.15) is 0 Å². The molecule has 0 saturated heterocycles. The standard InChI is InChI=1S/C34H20O2/c1-2-9-21(10-3-1)31-22-11-4-6-13-24(22)32(25-14-7-5-12-23(25)31)27-15-8-16-30-33(27)28-17-18-29-26(19-20-35-29)34(28)36-30/h1-20H/i1D,2D,3D,4D,5D,6D,7D,8D,9D,10D,11D,12D,13D,14D,15D,16D,17D,18D,19D,20D. The van der Waals surface area contributed by atoms with Crippen LogP contribution in [-0.4, -0.2) is 0 Å². The van der Waals surface area contributed by atoms with Gasteiger partial charge >= 0.3 is 0 Å². The fourth-order valence-electron chi connectivity index (χ4n) is 4.56. The molecular formula is C34H20O2. The first-order valence-corrected chi connectivity index (χ1v) is 10.6. The van der Waals surface area contributed by atoms with Crippen molar-refractivity contribution >= 4 is 54.5 Å². The van der Waals surface area contributed by atoms with Crippen LogP contribution < -0.4 is 0 Å². The molecule has 0 aliphatic carbocycles. The van der Waals surface area contributed by atoms with Crippen LogP contribution in [0, 0.1) is 0 Å². The highest BCUT2D eigenvalue weighted by Crippen LogP contribution is 2.47. The molecule has 0 amide bonds. The van der Waals surface area contributed by atoms with Gasteiger partial charge in [0, 0.05) is 10.8 Å². The summed E-state index contributed by atoms with van der Waals surface area (Å²) in [5.74, 6) is 0. The van der Waals surface area contributed by atoms with Crippen LogP contribution in [0.15, 0.2) is 130 Å². The second kappa shape index (κ2) is 7.34. The van der Waals surface area contributed by atoms with Crippen molar-refractivity contribution in [2.75, 3.05) is 0 Å². The first kappa shape index (κ1) is 8.39. The molecule has 8 rings (SSSR count). The van der Waals surface area contributed by atoms with Gasteiger partial charge in [-0.05, 0) is 68.0 Å². The molecular weight excluding hydrogens is 440 g/mol. The van der Waals surface area contributed by atoms with Crippen LogP contribution in [-0.2, 0) is 0 Å². The third-order valence-corrected chi connectivity index (χ3v) is 5.98. The van der Waals surface area contributed by atoms with Gasteiger partial charge in [-0.15, -0.1) is 0 Å². The smallest absolute Gasteiger partial charge is 0.146 e. The van der Waals surface area contributed by atoms with Crippen LogP contribution in [0.1, 0.15) is 27.4 Å². The van der Waals surface area contributed by atoms with Crippen molar-refractivity contribution in [3.8, 4) is 22.3 Å². The van der Waals surface area contributed by atoms with Crippen LogP contribution in [0.25, 0.3) is 76.7 Å². The van der Waals surface area contributed by atoms with E-state index in [0.29, 0.717) is 0 Å². The van der Waals surface area contributed by atoms with Crippen LogP contribution in [0.3, 0.4) is 0 Å². The Morgan fingerprint density at radius 2 is 1.14 bits per heavy atom. The summed E-state index contributed by atoms with van der Waals surface area (Å²) in [5.41, 5.74) is -3.58. The normalized spacial score (nSPS) is 19.7. The Morgan fingerprint density at radius 3 is 1.86 bits per heavy atom. The average molecular weight is 481 g/mol. The molecule has 2 aromatic heterocycles. The molecule has 2 nitrogen and oxygen atoms in total. The fourth-order valence-corrected chi connectivity index (χ4v) is 4.56. The molecule has 0 atom stereocenters. The molecule has 0 fully saturated rings. The van der Waals surface area contributed by atoms with Crippen LogP contribution >= 0.6 is 0 Å². The van der Waals surface area contributed by atoms with Crippen molar-refractivity contribution in [2.45, 2.75) is 0 Å². The molecule has 0 saturated carbocycles. The molecule has 0 radical (unpaired) electrons. The van der Waals surface area contributed by atoms with E-state index in [1.165, 1.54) is 0 Å². The topological polar surface area (TPSA) is 26.3 Å². The van der Waals surface area contributed by atoms with E-state index in [-0.39, 0.29) is 27.3 Å². The largest absolute Gasteiger partial charge is 0.464 e. The zero-order valence-electron chi connectivity index (χ0n) is 37.8. The van der Waals surface area contributed by atoms with Gasteiger partial charge in [-0.1, -0.05) is 90.6 Å². The molecule has 168 valence electrons. The van der Waals surface area contributed by atoms with Gasteiger partial charge < -0.3 is 8.83 Å². The maximum absolute atomic E-state index is 9.30. The first-order valence-electron chi connectivity index (χ1n) is 20.6. The maximum Gasteiger partial charge on any atom is 0.146 e. The second-order valence-electron chi connectivity index (χ2n) is 7.79. The Morgan fingerprint density at radius 1 is 0.472 bits per heavy atom. The molecule has 0 spiro atoms. The van der Waals surface area contributed by atoms with Gasteiger partial charge in [0.25, 0.3) is 0 Å². The zero-order chi connectivity index (χ0) is 41.0. The average Bonchev–Trinajstić information content (AvgIpc) is 3.70. The summed E-state index contributed by atoms with van der Waals surface area (Å²) < 4.78 is 187. The number of hydrogen-bond acceptors (Lipinski definition) is 2. The van der Waals surface area contributed by atoms with Crippen molar-refractivity contribution in [3.63, 3.8) is 0 Å². The minimum absolute atomic E-state index is 0.263. The third-order valence-electron chi connectivity index (χ3n) is 5.98. The van der Waals surface area contributed by atoms with Gasteiger partial charge in [0.15, 0.2) is 0 Å². The van der Waals surface area contributed by atoms with E-state index >= 15 is 0 Å². The predicted molar refractivity (Wildman–Crippen MR) is 149 cm³/mol. The third kappa shape index (κ3) is 2.61. The van der Waals surface area contributed by atoms with Crippen molar-refractivity contribution in [2.24, 2.45) is 0 Å². The second-order valence-corrected chi connectivity index (χ2v) is 7.79. The van der Waals surface area contributed by atoms with Gasteiger partial charge in [0.1, 0.15) is 18.1 Å².